The lowest BCUT2D eigenvalue weighted by atomic mass is 9.94. The first-order valence-electron chi connectivity index (χ1n) is 8.17. The van der Waals surface area contributed by atoms with Crippen molar-refractivity contribution < 1.29 is 14.3 Å². The fraction of sp³-hybridized carbons (Fsp3) is 0.875. The quantitative estimate of drug-likeness (QED) is 0.590. The Morgan fingerprint density at radius 3 is 2.30 bits per heavy atom. The summed E-state index contributed by atoms with van der Waals surface area (Å²) in [5.74, 6) is 0.226. The number of rotatable bonds is 3. The summed E-state index contributed by atoms with van der Waals surface area (Å²) in [6, 6.07) is 0. The Hall–Kier alpha value is -1.06. The Morgan fingerprint density at radius 2 is 1.65 bits per heavy atom. The molecule has 0 spiro atoms. The lowest BCUT2D eigenvalue weighted by Crippen LogP contribution is -2.45. The van der Waals surface area contributed by atoms with E-state index in [9.17, 15) is 9.59 Å². The van der Waals surface area contributed by atoms with Crippen molar-refractivity contribution in [2.24, 2.45) is 11.8 Å². The van der Waals surface area contributed by atoms with Crippen molar-refractivity contribution in [1.82, 2.24) is 4.90 Å². The van der Waals surface area contributed by atoms with E-state index in [0.29, 0.717) is 13.2 Å². The zero-order valence-electron chi connectivity index (χ0n) is 12.6. The molecule has 2 aliphatic rings. The van der Waals surface area contributed by atoms with Gasteiger partial charge in [0.15, 0.2) is 0 Å². The monoisotopic (exact) mass is 281 g/mol. The van der Waals surface area contributed by atoms with E-state index in [-0.39, 0.29) is 23.7 Å². The first-order chi connectivity index (χ1) is 9.72. The molecule has 4 heteroatoms. The third kappa shape index (κ3) is 3.97. The van der Waals surface area contributed by atoms with E-state index in [4.69, 9.17) is 4.74 Å². The van der Waals surface area contributed by atoms with Gasteiger partial charge in [-0.15, -0.1) is 0 Å². The van der Waals surface area contributed by atoms with Gasteiger partial charge in [0.2, 0.25) is 5.91 Å². The lowest BCUT2D eigenvalue weighted by Gasteiger charge is -2.33. The van der Waals surface area contributed by atoms with Crippen molar-refractivity contribution in [2.75, 3.05) is 19.7 Å². The largest absolute Gasteiger partial charge is 0.466 e. The molecule has 114 valence electrons. The summed E-state index contributed by atoms with van der Waals surface area (Å²) in [5.41, 5.74) is 0. The van der Waals surface area contributed by atoms with Crippen LogP contribution in [0.25, 0.3) is 0 Å². The minimum atomic E-state index is -0.133. The van der Waals surface area contributed by atoms with Crippen LogP contribution in [0.5, 0.6) is 0 Å². The summed E-state index contributed by atoms with van der Waals surface area (Å²) in [4.78, 5) is 26.4. The van der Waals surface area contributed by atoms with Gasteiger partial charge in [-0.2, -0.15) is 0 Å². The summed E-state index contributed by atoms with van der Waals surface area (Å²) >= 11 is 0. The fourth-order valence-electron chi connectivity index (χ4n) is 3.41. The van der Waals surface area contributed by atoms with Gasteiger partial charge in [0.1, 0.15) is 0 Å². The van der Waals surface area contributed by atoms with E-state index < -0.39 is 0 Å². The number of amides is 1. The minimum Gasteiger partial charge on any atom is -0.466 e. The summed E-state index contributed by atoms with van der Waals surface area (Å²) in [6.45, 7) is 3.63. The summed E-state index contributed by atoms with van der Waals surface area (Å²) in [6.07, 6.45) is 8.69. The van der Waals surface area contributed by atoms with Crippen LogP contribution in [0, 0.1) is 11.8 Å². The van der Waals surface area contributed by atoms with Crippen molar-refractivity contribution in [3.63, 3.8) is 0 Å². The number of ether oxygens (including phenoxy) is 1. The van der Waals surface area contributed by atoms with Gasteiger partial charge < -0.3 is 9.64 Å². The smallest absolute Gasteiger partial charge is 0.310 e. The standard InChI is InChI=1S/C16H27NO3/c1-2-20-16(19)14-10-7-11-17(12-14)15(18)13-8-5-3-4-6-9-13/h13-14H,2-12H2,1H3. The van der Waals surface area contributed by atoms with Crippen LogP contribution in [0.4, 0.5) is 0 Å². The van der Waals surface area contributed by atoms with E-state index >= 15 is 0 Å². The van der Waals surface area contributed by atoms with E-state index in [0.717, 1.165) is 32.2 Å². The van der Waals surface area contributed by atoms with Gasteiger partial charge in [0.05, 0.1) is 12.5 Å². The molecule has 1 unspecified atom stereocenters. The Labute approximate surface area is 121 Å². The fourth-order valence-corrected chi connectivity index (χ4v) is 3.41. The SMILES string of the molecule is CCOC(=O)C1CCCN(C(=O)C2CCCCCC2)C1. The van der Waals surface area contributed by atoms with Crippen LogP contribution >= 0.6 is 0 Å². The van der Waals surface area contributed by atoms with Crippen LogP contribution in [-0.2, 0) is 14.3 Å². The highest BCUT2D eigenvalue weighted by molar-refractivity contribution is 5.80. The molecule has 0 bridgehead atoms. The molecule has 1 heterocycles. The molecule has 1 atom stereocenters. The van der Waals surface area contributed by atoms with Crippen LogP contribution in [-0.4, -0.2) is 36.5 Å². The highest BCUT2D eigenvalue weighted by Crippen LogP contribution is 2.27. The second-order valence-electron chi connectivity index (χ2n) is 6.06. The summed E-state index contributed by atoms with van der Waals surface area (Å²) < 4.78 is 5.10. The van der Waals surface area contributed by atoms with Crippen molar-refractivity contribution in [3.8, 4) is 0 Å². The van der Waals surface area contributed by atoms with Gasteiger partial charge in [-0.05, 0) is 32.6 Å². The number of hydrogen-bond donors (Lipinski definition) is 0. The Balaban J connectivity index is 1.90. The van der Waals surface area contributed by atoms with Crippen LogP contribution in [0.1, 0.15) is 58.3 Å². The number of esters is 1. The highest BCUT2D eigenvalue weighted by atomic mass is 16.5. The molecular weight excluding hydrogens is 254 g/mol. The molecule has 1 amide bonds. The van der Waals surface area contributed by atoms with Crippen LogP contribution in [0.15, 0.2) is 0 Å². The third-order valence-corrected chi connectivity index (χ3v) is 4.56. The maximum atomic E-state index is 12.6. The average molecular weight is 281 g/mol. The maximum Gasteiger partial charge on any atom is 0.310 e. The molecule has 0 aromatic heterocycles. The predicted octanol–water partition coefficient (Wildman–Crippen LogP) is 2.76. The number of piperidine rings is 1. The molecule has 20 heavy (non-hydrogen) atoms. The normalized spacial score (nSPS) is 25.1. The van der Waals surface area contributed by atoms with Crippen LogP contribution in [0.3, 0.4) is 0 Å². The van der Waals surface area contributed by atoms with Gasteiger partial charge in [-0.1, -0.05) is 25.7 Å². The minimum absolute atomic E-state index is 0.113. The van der Waals surface area contributed by atoms with E-state index in [1.54, 1.807) is 0 Å². The lowest BCUT2D eigenvalue weighted by molar-refractivity contribution is -0.152. The zero-order chi connectivity index (χ0) is 14.4. The summed E-state index contributed by atoms with van der Waals surface area (Å²) in [7, 11) is 0. The van der Waals surface area contributed by atoms with Gasteiger partial charge in [-0.25, -0.2) is 0 Å². The molecule has 2 rings (SSSR count). The molecule has 1 saturated heterocycles. The second kappa shape index (κ2) is 7.65. The van der Waals surface area contributed by atoms with Gasteiger partial charge >= 0.3 is 5.97 Å². The Bertz CT molecular complexity index is 335. The van der Waals surface area contributed by atoms with Gasteiger partial charge in [-0.3, -0.25) is 9.59 Å². The average Bonchev–Trinajstić information content (AvgIpc) is 2.76. The van der Waals surface area contributed by atoms with Crippen molar-refractivity contribution in [1.29, 1.82) is 0 Å². The third-order valence-electron chi connectivity index (χ3n) is 4.56. The number of carbonyl (C=O) groups is 2. The molecule has 2 fully saturated rings. The first kappa shape index (κ1) is 15.3. The summed E-state index contributed by atoms with van der Waals surface area (Å²) in [5, 5.41) is 0. The molecule has 1 aliphatic heterocycles. The second-order valence-corrected chi connectivity index (χ2v) is 6.06. The first-order valence-corrected chi connectivity index (χ1v) is 8.17. The molecule has 0 aromatic carbocycles. The number of hydrogen-bond acceptors (Lipinski definition) is 3. The topological polar surface area (TPSA) is 46.6 Å². The number of nitrogens with zero attached hydrogens (tertiary/aromatic N) is 1. The van der Waals surface area contributed by atoms with Crippen molar-refractivity contribution >= 4 is 11.9 Å². The number of likely N-dealkylation sites (tertiary alicyclic amines) is 1. The van der Waals surface area contributed by atoms with Crippen molar-refractivity contribution in [2.45, 2.75) is 58.3 Å². The van der Waals surface area contributed by atoms with E-state index in [2.05, 4.69) is 0 Å². The Kier molecular flexibility index (Phi) is 5.86. The predicted molar refractivity (Wildman–Crippen MR) is 77.1 cm³/mol. The van der Waals surface area contributed by atoms with E-state index in [1.165, 1.54) is 25.7 Å². The molecule has 0 radical (unpaired) electrons. The Morgan fingerprint density at radius 1 is 1.00 bits per heavy atom. The van der Waals surface area contributed by atoms with Crippen molar-refractivity contribution in [3.05, 3.63) is 0 Å². The number of carbonyl (C=O) groups excluding carboxylic acids is 2. The molecule has 0 N–H and O–H groups in total. The molecule has 1 saturated carbocycles. The highest BCUT2D eigenvalue weighted by Gasteiger charge is 2.32. The molecular formula is C16H27NO3. The molecule has 1 aliphatic carbocycles. The zero-order valence-corrected chi connectivity index (χ0v) is 12.6. The van der Waals surface area contributed by atoms with Crippen LogP contribution in [0.2, 0.25) is 0 Å². The van der Waals surface area contributed by atoms with Gasteiger partial charge in [0, 0.05) is 19.0 Å². The van der Waals surface area contributed by atoms with Crippen LogP contribution < -0.4 is 0 Å². The molecule has 0 aromatic rings. The van der Waals surface area contributed by atoms with Gasteiger partial charge in [0.25, 0.3) is 0 Å². The molecule has 4 nitrogen and oxygen atoms in total. The maximum absolute atomic E-state index is 12.6. The van der Waals surface area contributed by atoms with E-state index in [1.807, 2.05) is 11.8 Å².